The van der Waals surface area contributed by atoms with Crippen LogP contribution >= 0.6 is 0 Å². The minimum Gasteiger partial charge on any atom is -0.481 e. The molecule has 37 heavy (non-hydrogen) atoms. The minimum absolute atomic E-state index is 0.0394. The highest BCUT2D eigenvalue weighted by Crippen LogP contribution is 2.37. The standard InChI is InChI=1S/C27H35N5O5/c28-24-23-25(31-27(30-24)37-13-2-1-3-17-4-5-17)36-14-12-32(26(23)35)20-10-11-21(29-16-20)19-8-6-18(7-9-19)15-22(33)34/h10-11,16-19H,1-9,12-15H2,(H,33,34)(H2,28,30,31). The first-order valence-electron chi connectivity index (χ1n) is 13.4. The molecule has 0 bridgehead atoms. The molecule has 0 atom stereocenters. The minimum atomic E-state index is -0.729. The number of nitrogen functional groups attached to an aromatic ring is 1. The summed E-state index contributed by atoms with van der Waals surface area (Å²) in [5.41, 5.74) is 7.93. The Balaban J connectivity index is 1.21. The van der Waals surface area contributed by atoms with Crippen molar-refractivity contribution in [1.29, 1.82) is 0 Å². The molecule has 0 spiro atoms. The molecule has 10 heteroatoms. The Kier molecular flexibility index (Phi) is 7.71. The molecule has 0 saturated heterocycles. The van der Waals surface area contributed by atoms with Crippen LogP contribution in [0.3, 0.4) is 0 Å². The Hall–Kier alpha value is -3.43. The molecule has 3 aliphatic rings. The van der Waals surface area contributed by atoms with Crippen LogP contribution in [0.25, 0.3) is 0 Å². The molecule has 2 aromatic heterocycles. The number of aromatic nitrogens is 3. The lowest BCUT2D eigenvalue weighted by atomic mass is 9.79. The Morgan fingerprint density at radius 2 is 1.89 bits per heavy atom. The lowest BCUT2D eigenvalue weighted by molar-refractivity contribution is -0.138. The average molecular weight is 510 g/mol. The van der Waals surface area contributed by atoms with E-state index in [1.54, 1.807) is 11.1 Å². The average Bonchev–Trinajstić information content (AvgIpc) is 3.72. The van der Waals surface area contributed by atoms with Crippen molar-refractivity contribution in [2.24, 2.45) is 11.8 Å². The zero-order chi connectivity index (χ0) is 25.8. The van der Waals surface area contributed by atoms with E-state index in [1.165, 1.54) is 19.3 Å². The van der Waals surface area contributed by atoms with Crippen LogP contribution in [-0.2, 0) is 4.79 Å². The number of carboxylic acid groups (broad SMARTS) is 1. The van der Waals surface area contributed by atoms with Gasteiger partial charge in [-0.3, -0.25) is 14.6 Å². The molecule has 0 radical (unpaired) electrons. The van der Waals surface area contributed by atoms with Gasteiger partial charge in [-0.15, -0.1) is 0 Å². The predicted octanol–water partition coefficient (Wildman–Crippen LogP) is 4.20. The number of aliphatic carboxylic acids is 1. The molecule has 2 aromatic rings. The van der Waals surface area contributed by atoms with Crippen molar-refractivity contribution >= 4 is 23.4 Å². The molecule has 2 fully saturated rings. The van der Waals surface area contributed by atoms with E-state index < -0.39 is 5.97 Å². The molecule has 10 nitrogen and oxygen atoms in total. The lowest BCUT2D eigenvalue weighted by Crippen LogP contribution is -2.33. The van der Waals surface area contributed by atoms with Gasteiger partial charge in [0.05, 0.1) is 25.0 Å². The molecule has 2 aliphatic carbocycles. The number of rotatable bonds is 10. The van der Waals surface area contributed by atoms with Crippen LogP contribution in [-0.4, -0.2) is 51.7 Å². The molecule has 2 saturated carbocycles. The largest absolute Gasteiger partial charge is 0.481 e. The highest BCUT2D eigenvalue weighted by molar-refractivity contribution is 6.10. The molecule has 0 aromatic carbocycles. The number of fused-ring (bicyclic) bond motifs is 1. The second kappa shape index (κ2) is 11.3. The van der Waals surface area contributed by atoms with E-state index in [2.05, 4.69) is 15.0 Å². The van der Waals surface area contributed by atoms with Crippen molar-refractivity contribution in [2.45, 2.75) is 70.1 Å². The Morgan fingerprint density at radius 3 is 2.59 bits per heavy atom. The van der Waals surface area contributed by atoms with Crippen LogP contribution in [0.2, 0.25) is 0 Å². The van der Waals surface area contributed by atoms with Crippen LogP contribution in [0.4, 0.5) is 11.5 Å². The van der Waals surface area contributed by atoms with E-state index in [0.717, 1.165) is 50.1 Å². The van der Waals surface area contributed by atoms with Gasteiger partial charge in [0, 0.05) is 18.0 Å². The molecular formula is C27H35N5O5. The summed E-state index contributed by atoms with van der Waals surface area (Å²) in [6.45, 7) is 1.09. The van der Waals surface area contributed by atoms with Gasteiger partial charge in [-0.25, -0.2) is 0 Å². The first kappa shape index (κ1) is 25.2. The number of carbonyl (C=O) groups excluding carboxylic acids is 1. The van der Waals surface area contributed by atoms with Crippen LogP contribution in [0.5, 0.6) is 11.9 Å². The number of hydrogen-bond donors (Lipinski definition) is 2. The highest BCUT2D eigenvalue weighted by atomic mass is 16.5. The third-order valence-corrected chi connectivity index (χ3v) is 7.64. The van der Waals surface area contributed by atoms with Gasteiger partial charge in [0.25, 0.3) is 5.91 Å². The van der Waals surface area contributed by atoms with Gasteiger partial charge in [0.2, 0.25) is 5.88 Å². The Morgan fingerprint density at radius 1 is 1.11 bits per heavy atom. The van der Waals surface area contributed by atoms with Gasteiger partial charge in [-0.05, 0) is 62.5 Å². The molecule has 0 unspecified atom stereocenters. The van der Waals surface area contributed by atoms with Crippen LogP contribution < -0.4 is 20.1 Å². The number of nitrogens with two attached hydrogens (primary N) is 1. The number of pyridine rings is 1. The number of carbonyl (C=O) groups is 2. The van der Waals surface area contributed by atoms with E-state index in [9.17, 15) is 9.59 Å². The molecule has 3 N–H and O–H groups in total. The maximum absolute atomic E-state index is 13.4. The number of amides is 1. The number of ether oxygens (including phenoxy) is 2. The van der Waals surface area contributed by atoms with Crippen molar-refractivity contribution in [3.05, 3.63) is 29.6 Å². The summed E-state index contributed by atoms with van der Waals surface area (Å²) < 4.78 is 11.5. The number of carboxylic acids is 1. The predicted molar refractivity (Wildman–Crippen MR) is 137 cm³/mol. The Bertz CT molecular complexity index is 1110. The van der Waals surface area contributed by atoms with Crippen molar-refractivity contribution in [2.75, 3.05) is 30.4 Å². The topological polar surface area (TPSA) is 141 Å². The van der Waals surface area contributed by atoms with E-state index in [4.69, 9.17) is 20.3 Å². The smallest absolute Gasteiger partial charge is 0.321 e. The third kappa shape index (κ3) is 6.29. The molecule has 5 rings (SSSR count). The van der Waals surface area contributed by atoms with E-state index in [1.807, 2.05) is 12.1 Å². The number of anilines is 2. The van der Waals surface area contributed by atoms with Crippen molar-refractivity contribution < 1.29 is 24.2 Å². The summed E-state index contributed by atoms with van der Waals surface area (Å²) in [5, 5.41) is 9.03. The molecular weight excluding hydrogens is 474 g/mol. The third-order valence-electron chi connectivity index (χ3n) is 7.64. The van der Waals surface area contributed by atoms with Gasteiger partial charge in [0.1, 0.15) is 18.0 Å². The van der Waals surface area contributed by atoms with Crippen molar-refractivity contribution in [1.82, 2.24) is 15.0 Å². The SMILES string of the molecule is Nc1nc(OCCCCC2CC2)nc2c1C(=O)N(c1ccc(C3CCC(CC(=O)O)CC3)nc1)CCO2. The molecule has 198 valence electrons. The fourth-order valence-corrected chi connectivity index (χ4v) is 5.34. The fraction of sp³-hybridized carbons (Fsp3) is 0.593. The summed E-state index contributed by atoms with van der Waals surface area (Å²) >= 11 is 0. The summed E-state index contributed by atoms with van der Waals surface area (Å²) in [6.07, 6.45) is 11.6. The number of unbranched alkanes of at least 4 members (excludes halogenated alkanes) is 1. The molecule has 3 heterocycles. The summed E-state index contributed by atoms with van der Waals surface area (Å²) in [5.74, 6) is 0.581. The van der Waals surface area contributed by atoms with Crippen molar-refractivity contribution in [3.63, 3.8) is 0 Å². The maximum Gasteiger partial charge on any atom is 0.321 e. The first-order chi connectivity index (χ1) is 18.0. The van der Waals surface area contributed by atoms with Gasteiger partial charge in [-0.1, -0.05) is 19.3 Å². The lowest BCUT2D eigenvalue weighted by Gasteiger charge is -2.27. The quantitative estimate of drug-likeness (QED) is 0.451. The second-order valence-electron chi connectivity index (χ2n) is 10.4. The highest BCUT2D eigenvalue weighted by Gasteiger charge is 2.31. The normalized spacial score (nSPS) is 21.6. The number of nitrogens with zero attached hydrogens (tertiary/aromatic N) is 4. The first-order valence-corrected chi connectivity index (χ1v) is 13.4. The number of hydrogen-bond acceptors (Lipinski definition) is 8. The van der Waals surface area contributed by atoms with Gasteiger partial charge >= 0.3 is 12.0 Å². The van der Waals surface area contributed by atoms with Crippen molar-refractivity contribution in [3.8, 4) is 11.9 Å². The van der Waals surface area contributed by atoms with Crippen LogP contribution in [0.15, 0.2) is 18.3 Å². The molecule has 1 aliphatic heterocycles. The Labute approximate surface area is 216 Å². The van der Waals surface area contributed by atoms with Crippen LogP contribution in [0.1, 0.15) is 86.2 Å². The summed E-state index contributed by atoms with van der Waals surface area (Å²) in [6, 6.07) is 3.98. The van der Waals surface area contributed by atoms with Gasteiger partial charge < -0.3 is 25.2 Å². The maximum atomic E-state index is 13.4. The second-order valence-corrected chi connectivity index (χ2v) is 10.4. The monoisotopic (exact) mass is 509 g/mol. The van der Waals surface area contributed by atoms with Gasteiger partial charge in [0.15, 0.2) is 0 Å². The van der Waals surface area contributed by atoms with Crippen LogP contribution in [0, 0.1) is 11.8 Å². The molecule has 1 amide bonds. The van der Waals surface area contributed by atoms with Gasteiger partial charge in [-0.2, -0.15) is 9.97 Å². The van der Waals surface area contributed by atoms with E-state index in [0.29, 0.717) is 24.8 Å². The summed E-state index contributed by atoms with van der Waals surface area (Å²) in [4.78, 5) is 39.2. The fourth-order valence-electron chi connectivity index (χ4n) is 5.34. The zero-order valence-corrected chi connectivity index (χ0v) is 21.1. The van der Waals surface area contributed by atoms with E-state index >= 15 is 0 Å². The van der Waals surface area contributed by atoms with E-state index in [-0.39, 0.29) is 48.1 Å². The summed E-state index contributed by atoms with van der Waals surface area (Å²) in [7, 11) is 0. The zero-order valence-electron chi connectivity index (χ0n) is 21.1.